The van der Waals surface area contributed by atoms with Crippen LogP contribution in [0.5, 0.6) is 11.6 Å². The van der Waals surface area contributed by atoms with Crippen molar-refractivity contribution < 1.29 is 22.6 Å². The van der Waals surface area contributed by atoms with Crippen molar-refractivity contribution in [3.05, 3.63) is 60.0 Å². The first-order valence-corrected chi connectivity index (χ1v) is 11.9. The van der Waals surface area contributed by atoms with Crippen LogP contribution in [0.15, 0.2) is 48.8 Å². The first-order chi connectivity index (χ1) is 16.1. The van der Waals surface area contributed by atoms with Crippen LogP contribution in [-0.4, -0.2) is 38.6 Å². The molecule has 34 heavy (non-hydrogen) atoms. The average Bonchev–Trinajstić information content (AvgIpc) is 3.38. The summed E-state index contributed by atoms with van der Waals surface area (Å²) >= 11 is 0. The number of halogens is 2. The quantitative estimate of drug-likeness (QED) is 0.481. The van der Waals surface area contributed by atoms with Gasteiger partial charge < -0.3 is 4.74 Å². The molecule has 0 bridgehead atoms. The lowest BCUT2D eigenvalue weighted by molar-refractivity contribution is 0.101. The second-order valence-corrected chi connectivity index (χ2v) is 10.3. The SMILES string of the molecule is Cc1nccnc1Oc1ccc(C#N)c(-c2ccc3c(c2)N(C)S(O)(O)N3CC2CC2(F)F)c1. The van der Waals surface area contributed by atoms with Crippen molar-refractivity contribution in [3.63, 3.8) is 0 Å². The molecular formula is C23H21F2N5O3S. The molecule has 176 valence electrons. The minimum absolute atomic E-state index is 0.156. The topological polar surface area (TPSA) is 106 Å². The van der Waals surface area contributed by atoms with Crippen molar-refractivity contribution in [2.75, 3.05) is 22.2 Å². The smallest absolute Gasteiger partial charge is 0.253 e. The van der Waals surface area contributed by atoms with E-state index in [0.29, 0.717) is 45.4 Å². The van der Waals surface area contributed by atoms with E-state index >= 15 is 0 Å². The van der Waals surface area contributed by atoms with Crippen LogP contribution in [0.4, 0.5) is 20.2 Å². The van der Waals surface area contributed by atoms with Crippen molar-refractivity contribution in [2.45, 2.75) is 19.3 Å². The number of nitriles is 1. The van der Waals surface area contributed by atoms with Gasteiger partial charge in [-0.1, -0.05) is 6.07 Å². The Balaban J connectivity index is 1.51. The van der Waals surface area contributed by atoms with Crippen molar-refractivity contribution in [2.24, 2.45) is 5.92 Å². The van der Waals surface area contributed by atoms with E-state index in [2.05, 4.69) is 16.0 Å². The Kier molecular flexibility index (Phi) is 5.12. The highest BCUT2D eigenvalue weighted by Gasteiger charge is 2.59. The van der Waals surface area contributed by atoms with Crippen LogP contribution < -0.4 is 13.3 Å². The van der Waals surface area contributed by atoms with E-state index < -0.39 is 22.8 Å². The Hall–Kier alpha value is -3.46. The number of ether oxygens (including phenoxy) is 1. The normalized spacial score (nSPS) is 20.4. The Labute approximate surface area is 196 Å². The van der Waals surface area contributed by atoms with Crippen LogP contribution in [0.3, 0.4) is 0 Å². The number of nitrogens with zero attached hydrogens (tertiary/aromatic N) is 5. The zero-order valence-corrected chi connectivity index (χ0v) is 19.1. The Morgan fingerprint density at radius 1 is 1.18 bits per heavy atom. The summed E-state index contributed by atoms with van der Waals surface area (Å²) in [7, 11) is -1.97. The lowest BCUT2D eigenvalue weighted by Gasteiger charge is -2.42. The van der Waals surface area contributed by atoms with Crippen LogP contribution >= 0.6 is 11.0 Å². The van der Waals surface area contributed by atoms with E-state index in [1.165, 1.54) is 21.9 Å². The third kappa shape index (κ3) is 3.69. The monoisotopic (exact) mass is 485 g/mol. The maximum absolute atomic E-state index is 13.5. The average molecular weight is 486 g/mol. The van der Waals surface area contributed by atoms with Crippen molar-refractivity contribution in [3.8, 4) is 28.8 Å². The zero-order chi connectivity index (χ0) is 24.3. The molecule has 1 aromatic heterocycles. The van der Waals surface area contributed by atoms with E-state index in [9.17, 15) is 23.1 Å². The van der Waals surface area contributed by atoms with Gasteiger partial charge in [0, 0.05) is 43.9 Å². The highest BCUT2D eigenvalue weighted by molar-refractivity contribution is 8.26. The first-order valence-electron chi connectivity index (χ1n) is 10.4. The lowest BCUT2D eigenvalue weighted by Crippen LogP contribution is -2.33. The van der Waals surface area contributed by atoms with Gasteiger partial charge in [-0.25, -0.2) is 13.8 Å². The number of rotatable bonds is 5. The number of hydrogen-bond donors (Lipinski definition) is 2. The standard InChI is InChI=1S/C23H21F2N5O3S/c1-14-22(28-8-7-27-14)33-18-5-3-16(12-26)19(10-18)15-4-6-20-21(9-15)29(2)34(31,32)30(20)13-17-11-23(17,24)25/h3-10,17,31-32H,11,13H2,1-2H3. The molecule has 1 unspecified atom stereocenters. The second-order valence-electron chi connectivity index (χ2n) is 8.28. The molecular weight excluding hydrogens is 464 g/mol. The van der Waals surface area contributed by atoms with Gasteiger partial charge in [-0.3, -0.25) is 22.7 Å². The fraction of sp³-hybridized carbons (Fsp3) is 0.261. The van der Waals surface area contributed by atoms with E-state index in [0.717, 1.165) is 0 Å². The molecule has 3 aromatic rings. The number of hydrogen-bond acceptors (Lipinski definition) is 8. The fourth-order valence-electron chi connectivity index (χ4n) is 3.96. The van der Waals surface area contributed by atoms with Crippen LogP contribution in [0.1, 0.15) is 17.7 Å². The summed E-state index contributed by atoms with van der Waals surface area (Å²) in [6, 6.07) is 12.2. The van der Waals surface area contributed by atoms with Gasteiger partial charge in [0.2, 0.25) is 5.88 Å². The van der Waals surface area contributed by atoms with Gasteiger partial charge in [0.05, 0.1) is 28.7 Å². The van der Waals surface area contributed by atoms with Crippen molar-refractivity contribution in [1.82, 2.24) is 9.97 Å². The molecule has 11 heteroatoms. The first kappa shape index (κ1) is 22.3. The summed E-state index contributed by atoms with van der Waals surface area (Å²) in [4.78, 5) is 8.32. The minimum atomic E-state index is -3.47. The highest BCUT2D eigenvalue weighted by atomic mass is 32.3. The van der Waals surface area contributed by atoms with Crippen LogP contribution in [-0.2, 0) is 0 Å². The van der Waals surface area contributed by atoms with E-state index in [4.69, 9.17) is 4.74 Å². The van der Waals surface area contributed by atoms with Gasteiger partial charge in [0.25, 0.3) is 5.92 Å². The Bertz CT molecular complexity index is 1330. The summed E-state index contributed by atoms with van der Waals surface area (Å²) < 4.78 is 56.9. The summed E-state index contributed by atoms with van der Waals surface area (Å²) in [5, 5.41) is 9.65. The molecule has 0 spiro atoms. The number of aromatic nitrogens is 2. The Morgan fingerprint density at radius 3 is 2.59 bits per heavy atom. The molecule has 2 N–H and O–H groups in total. The number of benzene rings is 2. The maximum atomic E-state index is 13.5. The molecule has 2 aromatic carbocycles. The zero-order valence-electron chi connectivity index (χ0n) is 18.3. The molecule has 5 rings (SSSR count). The highest BCUT2D eigenvalue weighted by Crippen LogP contribution is 2.63. The summed E-state index contributed by atoms with van der Waals surface area (Å²) in [5.41, 5.74) is 3.14. The minimum Gasteiger partial charge on any atom is -0.437 e. The summed E-state index contributed by atoms with van der Waals surface area (Å²) in [6.45, 7) is 1.61. The predicted octanol–water partition coefficient (Wildman–Crippen LogP) is 5.61. The molecule has 0 amide bonds. The molecule has 8 nitrogen and oxygen atoms in total. The largest absolute Gasteiger partial charge is 0.437 e. The van der Waals surface area contributed by atoms with Gasteiger partial charge >= 0.3 is 0 Å². The fourth-order valence-corrected chi connectivity index (χ4v) is 5.47. The van der Waals surface area contributed by atoms with Gasteiger partial charge in [0.15, 0.2) is 0 Å². The third-order valence-corrected chi connectivity index (χ3v) is 7.93. The van der Waals surface area contributed by atoms with Gasteiger partial charge in [-0.2, -0.15) is 5.26 Å². The summed E-state index contributed by atoms with van der Waals surface area (Å²) in [6.07, 6.45) is 2.82. The van der Waals surface area contributed by atoms with Gasteiger partial charge in [-0.15, -0.1) is 0 Å². The third-order valence-electron chi connectivity index (χ3n) is 6.06. The number of alkyl halides is 2. The molecule has 0 saturated heterocycles. The molecule has 1 atom stereocenters. The lowest BCUT2D eigenvalue weighted by atomic mass is 9.99. The second kappa shape index (κ2) is 7.80. The number of aryl methyl sites for hydroxylation is 1. The number of anilines is 2. The molecule has 2 aliphatic rings. The van der Waals surface area contributed by atoms with Gasteiger partial charge in [-0.05, 0) is 53.8 Å². The van der Waals surface area contributed by atoms with Gasteiger partial charge in [0.1, 0.15) is 5.75 Å². The number of fused-ring (bicyclic) bond motifs is 1. The van der Waals surface area contributed by atoms with E-state index in [1.807, 2.05) is 0 Å². The molecule has 1 aliphatic carbocycles. The maximum Gasteiger partial charge on any atom is 0.253 e. The molecule has 2 heterocycles. The molecule has 1 saturated carbocycles. The van der Waals surface area contributed by atoms with Crippen LogP contribution in [0.2, 0.25) is 0 Å². The van der Waals surface area contributed by atoms with Crippen molar-refractivity contribution >= 4 is 22.3 Å². The predicted molar refractivity (Wildman–Crippen MR) is 125 cm³/mol. The van der Waals surface area contributed by atoms with Crippen molar-refractivity contribution in [1.29, 1.82) is 5.26 Å². The van der Waals surface area contributed by atoms with Crippen LogP contribution in [0, 0.1) is 24.2 Å². The Morgan fingerprint density at radius 2 is 1.91 bits per heavy atom. The molecule has 0 radical (unpaired) electrons. The van der Waals surface area contributed by atoms with E-state index in [1.54, 1.807) is 49.5 Å². The molecule has 1 aliphatic heterocycles. The van der Waals surface area contributed by atoms with E-state index in [-0.39, 0.29) is 13.0 Å². The summed E-state index contributed by atoms with van der Waals surface area (Å²) in [5.74, 6) is -2.90. The van der Waals surface area contributed by atoms with Crippen LogP contribution in [0.25, 0.3) is 11.1 Å². The molecule has 1 fully saturated rings.